The zero-order chi connectivity index (χ0) is 15.8. The molecule has 1 aromatic carbocycles. The SMILES string of the molecule is COc1ccc(CN(C(=O)c2cc(C3CC3)[nH]n2)C2CC2)cc1. The summed E-state index contributed by atoms with van der Waals surface area (Å²) >= 11 is 0. The van der Waals surface area contributed by atoms with E-state index in [2.05, 4.69) is 10.2 Å². The van der Waals surface area contributed by atoms with Gasteiger partial charge in [0.15, 0.2) is 0 Å². The maximum Gasteiger partial charge on any atom is 0.274 e. The van der Waals surface area contributed by atoms with Crippen LogP contribution in [0, 0.1) is 0 Å². The van der Waals surface area contributed by atoms with Gasteiger partial charge in [-0.3, -0.25) is 9.89 Å². The summed E-state index contributed by atoms with van der Waals surface area (Å²) in [5.74, 6) is 1.45. The van der Waals surface area contributed by atoms with Gasteiger partial charge < -0.3 is 9.64 Å². The monoisotopic (exact) mass is 311 g/mol. The van der Waals surface area contributed by atoms with Gasteiger partial charge in [0, 0.05) is 24.2 Å². The third-order valence-corrected chi connectivity index (χ3v) is 4.59. The molecule has 2 aliphatic rings. The van der Waals surface area contributed by atoms with E-state index < -0.39 is 0 Å². The number of methoxy groups -OCH3 is 1. The number of amides is 1. The fourth-order valence-electron chi connectivity index (χ4n) is 2.88. The second kappa shape index (κ2) is 5.72. The van der Waals surface area contributed by atoms with Crippen molar-refractivity contribution >= 4 is 5.91 Å². The number of hydrogen-bond donors (Lipinski definition) is 1. The Morgan fingerprint density at radius 3 is 2.61 bits per heavy atom. The molecule has 0 aliphatic heterocycles. The second-order valence-corrected chi connectivity index (χ2v) is 6.50. The van der Waals surface area contributed by atoms with E-state index in [1.807, 2.05) is 35.2 Å². The molecule has 0 atom stereocenters. The van der Waals surface area contributed by atoms with Crippen LogP contribution in [-0.2, 0) is 6.54 Å². The molecule has 2 aromatic rings. The van der Waals surface area contributed by atoms with Gasteiger partial charge in [0.05, 0.1) is 7.11 Å². The quantitative estimate of drug-likeness (QED) is 0.892. The first-order valence-electron chi connectivity index (χ1n) is 8.24. The van der Waals surface area contributed by atoms with Crippen LogP contribution in [0.1, 0.15) is 53.3 Å². The van der Waals surface area contributed by atoms with Crippen LogP contribution in [0.4, 0.5) is 0 Å². The molecule has 5 nitrogen and oxygen atoms in total. The molecule has 5 heteroatoms. The third kappa shape index (κ3) is 3.09. The zero-order valence-corrected chi connectivity index (χ0v) is 13.3. The highest BCUT2D eigenvalue weighted by Gasteiger charge is 2.35. The number of aromatic amines is 1. The summed E-state index contributed by atoms with van der Waals surface area (Å²) in [7, 11) is 1.66. The maximum atomic E-state index is 12.8. The minimum atomic E-state index is 0.0338. The summed E-state index contributed by atoms with van der Waals surface area (Å²) in [4.78, 5) is 14.8. The van der Waals surface area contributed by atoms with Gasteiger partial charge in [-0.2, -0.15) is 5.10 Å². The van der Waals surface area contributed by atoms with Crippen LogP contribution in [-0.4, -0.2) is 34.2 Å². The normalized spacial score (nSPS) is 17.1. The van der Waals surface area contributed by atoms with Crippen molar-refractivity contribution in [3.05, 3.63) is 47.3 Å². The van der Waals surface area contributed by atoms with Crippen LogP contribution >= 0.6 is 0 Å². The molecular weight excluding hydrogens is 290 g/mol. The van der Waals surface area contributed by atoms with Gasteiger partial charge in [-0.15, -0.1) is 0 Å². The number of carbonyl (C=O) groups excluding carboxylic acids is 1. The van der Waals surface area contributed by atoms with E-state index >= 15 is 0 Å². The average molecular weight is 311 g/mol. The topological polar surface area (TPSA) is 58.2 Å². The number of hydrogen-bond acceptors (Lipinski definition) is 3. The first-order valence-corrected chi connectivity index (χ1v) is 8.24. The Kier molecular flexibility index (Phi) is 3.56. The molecule has 23 heavy (non-hydrogen) atoms. The Labute approximate surface area is 135 Å². The first kappa shape index (κ1) is 14.3. The standard InChI is InChI=1S/C18H21N3O2/c1-23-15-8-2-12(3-9-15)11-21(14-6-7-14)18(22)17-10-16(19-20-17)13-4-5-13/h2-3,8-10,13-14H,4-7,11H2,1H3,(H,19,20). The van der Waals surface area contributed by atoms with Crippen LogP contribution in [0.3, 0.4) is 0 Å². The number of ether oxygens (including phenoxy) is 1. The summed E-state index contributed by atoms with van der Waals surface area (Å²) in [6.45, 7) is 0.624. The number of nitrogens with zero attached hydrogens (tertiary/aromatic N) is 2. The number of carbonyl (C=O) groups is 1. The van der Waals surface area contributed by atoms with Crippen molar-refractivity contribution in [1.82, 2.24) is 15.1 Å². The molecule has 120 valence electrons. The number of H-pyrrole nitrogens is 1. The highest BCUT2D eigenvalue weighted by atomic mass is 16.5. The Hall–Kier alpha value is -2.30. The highest BCUT2D eigenvalue weighted by Crippen LogP contribution is 2.39. The lowest BCUT2D eigenvalue weighted by molar-refractivity contribution is 0.0724. The van der Waals surface area contributed by atoms with Gasteiger partial charge in [0.2, 0.25) is 0 Å². The van der Waals surface area contributed by atoms with Crippen molar-refractivity contribution in [2.45, 2.75) is 44.2 Å². The predicted octanol–water partition coefficient (Wildman–Crippen LogP) is 3.10. The Bertz CT molecular complexity index is 699. The minimum Gasteiger partial charge on any atom is -0.497 e. The van der Waals surface area contributed by atoms with E-state index in [0.29, 0.717) is 24.2 Å². The number of benzene rings is 1. The van der Waals surface area contributed by atoms with Crippen molar-refractivity contribution in [2.24, 2.45) is 0 Å². The molecule has 2 aliphatic carbocycles. The summed E-state index contributed by atoms with van der Waals surface area (Å²) in [5, 5.41) is 7.27. The van der Waals surface area contributed by atoms with Crippen LogP contribution in [0.2, 0.25) is 0 Å². The van der Waals surface area contributed by atoms with Crippen molar-refractivity contribution in [2.75, 3.05) is 7.11 Å². The maximum absolute atomic E-state index is 12.8. The highest BCUT2D eigenvalue weighted by molar-refractivity contribution is 5.92. The van der Waals surface area contributed by atoms with E-state index in [1.54, 1.807) is 7.11 Å². The summed E-state index contributed by atoms with van der Waals surface area (Å²) < 4.78 is 5.19. The molecule has 0 radical (unpaired) electrons. The molecular formula is C18H21N3O2. The molecule has 1 N–H and O–H groups in total. The van der Waals surface area contributed by atoms with E-state index in [4.69, 9.17) is 4.74 Å². The number of nitrogens with one attached hydrogen (secondary N) is 1. The largest absolute Gasteiger partial charge is 0.497 e. The zero-order valence-electron chi connectivity index (χ0n) is 13.3. The van der Waals surface area contributed by atoms with Gasteiger partial charge in [-0.05, 0) is 49.4 Å². The lowest BCUT2D eigenvalue weighted by atomic mass is 10.2. The lowest BCUT2D eigenvalue weighted by Gasteiger charge is -2.21. The fourth-order valence-corrected chi connectivity index (χ4v) is 2.88. The van der Waals surface area contributed by atoms with Gasteiger partial charge in [0.1, 0.15) is 11.4 Å². The average Bonchev–Trinajstić information content (AvgIpc) is 3.52. The fraction of sp³-hybridized carbons (Fsp3) is 0.444. The molecule has 1 amide bonds. The van der Waals surface area contributed by atoms with Crippen LogP contribution in [0.5, 0.6) is 5.75 Å². The molecule has 0 saturated heterocycles. The molecule has 0 bridgehead atoms. The molecule has 4 rings (SSSR count). The second-order valence-electron chi connectivity index (χ2n) is 6.50. The first-order chi connectivity index (χ1) is 11.2. The molecule has 0 spiro atoms. The Morgan fingerprint density at radius 2 is 2.00 bits per heavy atom. The molecule has 0 unspecified atom stereocenters. The van der Waals surface area contributed by atoms with Crippen LogP contribution in [0.15, 0.2) is 30.3 Å². The van der Waals surface area contributed by atoms with Gasteiger partial charge in [-0.25, -0.2) is 0 Å². The summed E-state index contributed by atoms with van der Waals surface area (Å²) in [6, 6.07) is 10.2. The van der Waals surface area contributed by atoms with Gasteiger partial charge in [0.25, 0.3) is 5.91 Å². The molecule has 1 aromatic heterocycles. The predicted molar refractivity (Wildman–Crippen MR) is 86.5 cm³/mol. The van der Waals surface area contributed by atoms with Crippen LogP contribution < -0.4 is 4.74 Å². The minimum absolute atomic E-state index is 0.0338. The third-order valence-electron chi connectivity index (χ3n) is 4.59. The smallest absolute Gasteiger partial charge is 0.274 e. The van der Waals surface area contributed by atoms with Crippen molar-refractivity contribution in [1.29, 1.82) is 0 Å². The van der Waals surface area contributed by atoms with Gasteiger partial charge >= 0.3 is 0 Å². The van der Waals surface area contributed by atoms with E-state index in [0.717, 1.165) is 29.8 Å². The summed E-state index contributed by atoms with van der Waals surface area (Å²) in [5.41, 5.74) is 2.77. The van der Waals surface area contributed by atoms with Crippen molar-refractivity contribution in [3.63, 3.8) is 0 Å². The van der Waals surface area contributed by atoms with Gasteiger partial charge in [-0.1, -0.05) is 12.1 Å². The van der Waals surface area contributed by atoms with Crippen LogP contribution in [0.25, 0.3) is 0 Å². The molecule has 1 heterocycles. The molecule has 2 saturated carbocycles. The Morgan fingerprint density at radius 1 is 1.26 bits per heavy atom. The molecule has 2 fully saturated rings. The lowest BCUT2D eigenvalue weighted by Crippen LogP contribution is -2.32. The van der Waals surface area contributed by atoms with E-state index in [1.165, 1.54) is 12.8 Å². The van der Waals surface area contributed by atoms with Crippen molar-refractivity contribution in [3.8, 4) is 5.75 Å². The number of aromatic nitrogens is 2. The Balaban J connectivity index is 1.50. The number of rotatable bonds is 6. The van der Waals surface area contributed by atoms with E-state index in [-0.39, 0.29) is 5.91 Å². The van der Waals surface area contributed by atoms with Crippen molar-refractivity contribution < 1.29 is 9.53 Å². The summed E-state index contributed by atoms with van der Waals surface area (Å²) in [6.07, 6.45) is 4.58. The van der Waals surface area contributed by atoms with E-state index in [9.17, 15) is 4.79 Å².